The number of rotatable bonds is 6. The van der Waals surface area contributed by atoms with Crippen LogP contribution in [0.3, 0.4) is 0 Å². The Morgan fingerprint density at radius 1 is 1.35 bits per heavy atom. The molecule has 0 aromatic heterocycles. The molecule has 20 heavy (non-hydrogen) atoms. The van der Waals surface area contributed by atoms with Crippen LogP contribution in [0.15, 0.2) is 24.3 Å². The number of ether oxygens (including phenoxy) is 1. The maximum atomic E-state index is 11.9. The van der Waals surface area contributed by atoms with Gasteiger partial charge in [-0.15, -0.1) is 6.42 Å². The second-order valence-corrected chi connectivity index (χ2v) is 4.89. The molecule has 0 heterocycles. The molecule has 0 aliphatic heterocycles. The van der Waals surface area contributed by atoms with Crippen LogP contribution < -0.4 is 10.1 Å². The lowest BCUT2D eigenvalue weighted by atomic mass is 9.94. The lowest BCUT2D eigenvalue weighted by Crippen LogP contribution is -2.38. The molecule has 5 nitrogen and oxygen atoms in total. The Hall–Kier alpha value is -2.48. The monoisotopic (exact) mass is 275 g/mol. The first-order chi connectivity index (χ1) is 9.36. The third-order valence-corrected chi connectivity index (χ3v) is 2.71. The summed E-state index contributed by atoms with van der Waals surface area (Å²) >= 11 is 0. The van der Waals surface area contributed by atoms with Crippen molar-refractivity contribution in [2.45, 2.75) is 13.8 Å². The molecule has 0 spiro atoms. The maximum absolute atomic E-state index is 11.9. The fraction of sp³-hybridized carbons (Fsp3) is 0.333. The highest BCUT2D eigenvalue weighted by Crippen LogP contribution is 2.15. The first-order valence-corrected chi connectivity index (χ1v) is 6.05. The number of nitrogens with one attached hydrogen (secondary N) is 1. The summed E-state index contributed by atoms with van der Waals surface area (Å²) in [5.74, 6) is 1.63. The van der Waals surface area contributed by atoms with E-state index in [2.05, 4.69) is 11.2 Å². The fourth-order valence-corrected chi connectivity index (χ4v) is 1.31. The number of aliphatic carboxylic acids is 1. The zero-order valence-corrected chi connectivity index (χ0v) is 11.5. The second kappa shape index (κ2) is 6.62. The van der Waals surface area contributed by atoms with Gasteiger partial charge in [-0.3, -0.25) is 9.59 Å². The average Bonchev–Trinajstić information content (AvgIpc) is 2.43. The molecule has 1 aromatic rings. The van der Waals surface area contributed by atoms with Gasteiger partial charge < -0.3 is 15.2 Å². The molecule has 1 rings (SSSR count). The van der Waals surface area contributed by atoms with Crippen molar-refractivity contribution in [2.75, 3.05) is 13.2 Å². The minimum absolute atomic E-state index is 0.0521. The Labute approximate surface area is 117 Å². The summed E-state index contributed by atoms with van der Waals surface area (Å²) in [6.45, 7) is 3.31. The van der Waals surface area contributed by atoms with Gasteiger partial charge in [-0.1, -0.05) is 5.92 Å². The van der Waals surface area contributed by atoms with Gasteiger partial charge in [0.2, 0.25) is 0 Å². The van der Waals surface area contributed by atoms with Gasteiger partial charge in [0.25, 0.3) is 5.91 Å². The summed E-state index contributed by atoms with van der Waals surface area (Å²) in [6.07, 6.45) is 5.07. The molecular formula is C15H17NO4. The predicted molar refractivity (Wildman–Crippen MR) is 74.5 cm³/mol. The maximum Gasteiger partial charge on any atom is 0.310 e. The minimum atomic E-state index is -1.01. The molecule has 2 N–H and O–H groups in total. The van der Waals surface area contributed by atoms with Gasteiger partial charge >= 0.3 is 5.97 Å². The third-order valence-electron chi connectivity index (χ3n) is 2.71. The van der Waals surface area contributed by atoms with Crippen LogP contribution in [0.25, 0.3) is 0 Å². The first-order valence-electron chi connectivity index (χ1n) is 6.05. The Bertz CT molecular complexity index is 526. The zero-order chi connectivity index (χ0) is 15.2. The average molecular weight is 275 g/mol. The van der Waals surface area contributed by atoms with Crippen LogP contribution in [-0.2, 0) is 4.79 Å². The molecule has 0 radical (unpaired) electrons. The van der Waals surface area contributed by atoms with E-state index in [0.717, 1.165) is 0 Å². The number of carboxylic acid groups (broad SMARTS) is 1. The zero-order valence-electron chi connectivity index (χ0n) is 11.5. The highest BCUT2D eigenvalue weighted by molar-refractivity contribution is 5.94. The van der Waals surface area contributed by atoms with Crippen LogP contribution in [0.1, 0.15) is 24.2 Å². The van der Waals surface area contributed by atoms with Crippen molar-refractivity contribution >= 4 is 11.9 Å². The quantitative estimate of drug-likeness (QED) is 0.772. The van der Waals surface area contributed by atoms with Gasteiger partial charge in [0, 0.05) is 12.1 Å². The molecule has 0 aliphatic rings. The summed E-state index contributed by atoms with van der Waals surface area (Å²) in [6, 6.07) is 6.45. The summed E-state index contributed by atoms with van der Waals surface area (Å²) in [5.41, 5.74) is -0.579. The van der Waals surface area contributed by atoms with Crippen molar-refractivity contribution in [3.63, 3.8) is 0 Å². The molecule has 5 heteroatoms. The van der Waals surface area contributed by atoms with Crippen molar-refractivity contribution in [1.29, 1.82) is 0 Å². The summed E-state index contributed by atoms with van der Waals surface area (Å²) in [7, 11) is 0. The van der Waals surface area contributed by atoms with Crippen molar-refractivity contribution in [3.05, 3.63) is 29.8 Å². The van der Waals surface area contributed by atoms with Gasteiger partial charge in [0.1, 0.15) is 12.4 Å². The minimum Gasteiger partial charge on any atom is -0.481 e. The molecule has 0 atom stereocenters. The molecule has 1 aromatic carbocycles. The van der Waals surface area contributed by atoms with E-state index in [1.54, 1.807) is 38.1 Å². The van der Waals surface area contributed by atoms with E-state index in [9.17, 15) is 9.59 Å². The molecule has 0 saturated carbocycles. The van der Waals surface area contributed by atoms with Gasteiger partial charge in [0.05, 0.1) is 5.41 Å². The van der Waals surface area contributed by atoms with Crippen LogP contribution in [0.5, 0.6) is 5.75 Å². The molecule has 0 unspecified atom stereocenters. The molecule has 1 amide bonds. The van der Waals surface area contributed by atoms with Gasteiger partial charge in [0.15, 0.2) is 0 Å². The third kappa shape index (κ3) is 4.32. The normalized spacial score (nSPS) is 10.4. The van der Waals surface area contributed by atoms with E-state index >= 15 is 0 Å². The molecule has 0 bridgehead atoms. The Morgan fingerprint density at radius 2 is 1.95 bits per heavy atom. The number of amides is 1. The molecular weight excluding hydrogens is 258 g/mol. The number of hydrogen-bond donors (Lipinski definition) is 2. The first kappa shape index (κ1) is 15.6. The van der Waals surface area contributed by atoms with E-state index in [1.165, 1.54) is 0 Å². The van der Waals surface area contributed by atoms with Crippen LogP contribution in [0.4, 0.5) is 0 Å². The Morgan fingerprint density at radius 3 is 2.45 bits per heavy atom. The number of hydrogen-bond acceptors (Lipinski definition) is 3. The van der Waals surface area contributed by atoms with Crippen molar-refractivity contribution < 1.29 is 19.4 Å². The summed E-state index contributed by atoms with van der Waals surface area (Å²) < 4.78 is 5.19. The number of terminal acetylenes is 1. The van der Waals surface area contributed by atoms with Gasteiger partial charge in [-0.2, -0.15) is 0 Å². The topological polar surface area (TPSA) is 75.6 Å². The van der Waals surface area contributed by atoms with Crippen LogP contribution in [0, 0.1) is 17.8 Å². The van der Waals surface area contributed by atoms with E-state index < -0.39 is 11.4 Å². The van der Waals surface area contributed by atoms with Crippen molar-refractivity contribution in [2.24, 2.45) is 5.41 Å². The molecule has 0 aliphatic carbocycles. The van der Waals surface area contributed by atoms with E-state index in [1.807, 2.05) is 0 Å². The largest absolute Gasteiger partial charge is 0.481 e. The number of benzene rings is 1. The lowest BCUT2D eigenvalue weighted by Gasteiger charge is -2.19. The van der Waals surface area contributed by atoms with Crippen LogP contribution in [-0.4, -0.2) is 30.1 Å². The van der Waals surface area contributed by atoms with Crippen molar-refractivity contribution in [3.8, 4) is 18.1 Å². The van der Waals surface area contributed by atoms with Crippen LogP contribution in [0.2, 0.25) is 0 Å². The summed E-state index contributed by atoms with van der Waals surface area (Å²) in [4.78, 5) is 22.8. The predicted octanol–water partition coefficient (Wildman–Crippen LogP) is 1.54. The molecule has 106 valence electrons. The summed E-state index contributed by atoms with van der Waals surface area (Å²) in [5, 5.41) is 11.5. The fourth-order valence-electron chi connectivity index (χ4n) is 1.31. The smallest absolute Gasteiger partial charge is 0.310 e. The number of carboxylic acids is 1. The van der Waals surface area contributed by atoms with E-state index in [-0.39, 0.29) is 19.1 Å². The molecule has 0 fully saturated rings. The lowest BCUT2D eigenvalue weighted by molar-refractivity contribution is -0.146. The second-order valence-electron chi connectivity index (χ2n) is 4.89. The van der Waals surface area contributed by atoms with E-state index in [0.29, 0.717) is 11.3 Å². The number of carbonyl (C=O) groups is 2. The van der Waals surface area contributed by atoms with Gasteiger partial charge in [-0.05, 0) is 38.1 Å². The standard InChI is InChI=1S/C15H17NO4/c1-4-9-20-12-7-5-11(6-8-12)13(17)16-10-15(2,3)14(18)19/h1,5-8H,9-10H2,2-3H3,(H,16,17)(H,18,19). The molecule has 0 saturated heterocycles. The Balaban J connectivity index is 2.60. The Kier molecular flexibility index (Phi) is 5.15. The van der Waals surface area contributed by atoms with Gasteiger partial charge in [-0.25, -0.2) is 0 Å². The highest BCUT2D eigenvalue weighted by Gasteiger charge is 2.27. The van der Waals surface area contributed by atoms with Crippen molar-refractivity contribution in [1.82, 2.24) is 5.32 Å². The highest BCUT2D eigenvalue weighted by atomic mass is 16.5. The number of carbonyl (C=O) groups excluding carboxylic acids is 1. The SMILES string of the molecule is C#CCOc1ccc(C(=O)NCC(C)(C)C(=O)O)cc1. The van der Waals surface area contributed by atoms with Crippen LogP contribution >= 0.6 is 0 Å². The van der Waals surface area contributed by atoms with E-state index in [4.69, 9.17) is 16.3 Å².